The van der Waals surface area contributed by atoms with Crippen LogP contribution >= 0.6 is 0 Å². The van der Waals surface area contributed by atoms with Crippen LogP contribution in [0.3, 0.4) is 0 Å². The van der Waals surface area contributed by atoms with Crippen LogP contribution in [0.4, 0.5) is 0 Å². The van der Waals surface area contributed by atoms with E-state index in [4.69, 9.17) is 47.7 Å². The molecule has 1 amide bonds. The fraction of sp³-hybridized carbons (Fsp3) is 0.944. The van der Waals surface area contributed by atoms with E-state index < -0.39 is 5.97 Å². The minimum atomic E-state index is -0.979. The number of ether oxygens (including phenoxy) is 9. The van der Waals surface area contributed by atoms with Crippen molar-refractivity contribution in [1.82, 2.24) is 5.32 Å². The molecular weight excluding hydrogens is 638 g/mol. The summed E-state index contributed by atoms with van der Waals surface area (Å²) in [6, 6.07) is 0. The van der Waals surface area contributed by atoms with Crippen LogP contribution in [-0.4, -0.2) is 142 Å². The average molecular weight is 710 g/mol. The quantitative estimate of drug-likeness (QED) is 0.0837. The number of carboxylic acids is 1. The van der Waals surface area contributed by atoms with E-state index in [-0.39, 0.29) is 18.7 Å². The second-order valence-corrected chi connectivity index (χ2v) is 11.6. The molecule has 0 aromatic carbocycles. The predicted octanol–water partition coefficient (Wildman–Crippen LogP) is 4.82. The Morgan fingerprint density at radius 1 is 0.388 bits per heavy atom. The van der Waals surface area contributed by atoms with Gasteiger partial charge in [0.05, 0.1) is 112 Å². The molecule has 0 saturated heterocycles. The summed E-state index contributed by atoms with van der Waals surface area (Å²) in [6.45, 7) is 12.3. The summed E-state index contributed by atoms with van der Waals surface area (Å²) >= 11 is 0. The van der Waals surface area contributed by atoms with Gasteiger partial charge in [-0.25, -0.2) is 0 Å². The Labute approximate surface area is 296 Å². The zero-order chi connectivity index (χ0) is 35.6. The molecule has 0 heterocycles. The van der Waals surface area contributed by atoms with E-state index in [0.717, 1.165) is 13.0 Å². The Balaban J connectivity index is 3.08. The molecule has 0 radical (unpaired) electrons. The molecule has 0 aliphatic rings. The minimum absolute atomic E-state index is 0.00563. The fourth-order valence-electron chi connectivity index (χ4n) is 4.44. The standard InChI is InChI=1S/C36H71NO12/c1-2-3-4-5-6-7-8-9-10-11-12-17-41-19-21-43-23-25-45-27-29-47-31-33-49-34-32-48-30-28-46-26-24-44-22-20-42-18-13-16-37-35(38)14-15-36(39)40/h2-34H2,1H3,(H,37,38)(H,39,40). The normalized spacial score (nSPS) is 11.4. The molecule has 0 spiro atoms. The molecule has 0 fully saturated rings. The maximum atomic E-state index is 11.4. The van der Waals surface area contributed by atoms with Crippen molar-refractivity contribution < 1.29 is 57.3 Å². The van der Waals surface area contributed by atoms with Crippen LogP contribution in [0.15, 0.2) is 0 Å². The summed E-state index contributed by atoms with van der Waals surface area (Å²) in [5.74, 6) is -1.24. The van der Waals surface area contributed by atoms with Crippen LogP contribution in [0, 0.1) is 0 Å². The lowest BCUT2D eigenvalue weighted by Gasteiger charge is -2.09. The van der Waals surface area contributed by atoms with Crippen LogP contribution in [0.5, 0.6) is 0 Å². The summed E-state index contributed by atoms with van der Waals surface area (Å²) < 4.78 is 49.5. The SMILES string of the molecule is CCCCCCCCCCCCCOCCOCCOCCOCCOCCOCCOCCOCCOCCCNC(=O)CCC(=O)O. The Kier molecular flexibility index (Phi) is 41.5. The maximum absolute atomic E-state index is 11.4. The first-order chi connectivity index (χ1) is 24.2. The number of carboxylic acid groups (broad SMARTS) is 1. The number of hydrogen-bond acceptors (Lipinski definition) is 11. The molecule has 0 bridgehead atoms. The molecule has 13 nitrogen and oxygen atoms in total. The molecule has 0 aromatic heterocycles. The van der Waals surface area contributed by atoms with Gasteiger partial charge in [-0.05, 0) is 12.8 Å². The van der Waals surface area contributed by atoms with Crippen LogP contribution in [0.1, 0.15) is 96.8 Å². The third-order valence-electron chi connectivity index (χ3n) is 7.22. The van der Waals surface area contributed by atoms with Crippen molar-refractivity contribution in [3.05, 3.63) is 0 Å². The number of aliphatic carboxylic acids is 1. The second-order valence-electron chi connectivity index (χ2n) is 11.6. The number of carbonyl (C=O) groups excluding carboxylic acids is 1. The van der Waals surface area contributed by atoms with Crippen LogP contribution in [0.25, 0.3) is 0 Å². The summed E-state index contributed by atoms with van der Waals surface area (Å²) in [5, 5.41) is 11.2. The van der Waals surface area contributed by atoms with Gasteiger partial charge in [0.1, 0.15) is 0 Å². The van der Waals surface area contributed by atoms with Crippen LogP contribution in [0.2, 0.25) is 0 Å². The largest absolute Gasteiger partial charge is 0.481 e. The number of carbonyl (C=O) groups is 2. The van der Waals surface area contributed by atoms with Gasteiger partial charge in [0.25, 0.3) is 0 Å². The molecule has 0 rings (SSSR count). The van der Waals surface area contributed by atoms with Gasteiger partial charge in [0.2, 0.25) is 5.91 Å². The summed E-state index contributed by atoms with van der Waals surface area (Å²) in [7, 11) is 0. The molecule has 0 aromatic rings. The highest BCUT2D eigenvalue weighted by atomic mass is 16.6. The predicted molar refractivity (Wildman–Crippen MR) is 188 cm³/mol. The molecule has 0 aliphatic carbocycles. The average Bonchev–Trinajstić information content (AvgIpc) is 3.10. The summed E-state index contributed by atoms with van der Waals surface area (Å²) in [5.41, 5.74) is 0. The van der Waals surface area contributed by atoms with E-state index in [1.807, 2.05) is 0 Å². The Morgan fingerprint density at radius 3 is 1.00 bits per heavy atom. The van der Waals surface area contributed by atoms with E-state index >= 15 is 0 Å². The van der Waals surface area contributed by atoms with E-state index in [1.165, 1.54) is 64.2 Å². The van der Waals surface area contributed by atoms with Gasteiger partial charge in [-0.15, -0.1) is 0 Å². The molecule has 0 aliphatic heterocycles. The molecular formula is C36H71NO12. The number of amides is 1. The second kappa shape index (κ2) is 42.7. The number of rotatable bonds is 43. The van der Waals surface area contributed by atoms with E-state index in [2.05, 4.69) is 12.2 Å². The molecule has 0 atom stereocenters. The molecule has 13 heteroatoms. The third-order valence-corrected chi connectivity index (χ3v) is 7.22. The number of hydrogen-bond donors (Lipinski definition) is 2. The summed E-state index contributed by atoms with van der Waals surface area (Å²) in [4.78, 5) is 21.8. The number of unbranched alkanes of at least 4 members (excludes halogenated alkanes) is 10. The van der Waals surface area contributed by atoms with E-state index in [0.29, 0.717) is 125 Å². The van der Waals surface area contributed by atoms with Gasteiger partial charge in [0, 0.05) is 26.2 Å². The first kappa shape index (κ1) is 47.6. The first-order valence-electron chi connectivity index (χ1n) is 18.8. The Hall–Kier alpha value is -1.42. The van der Waals surface area contributed by atoms with Crippen molar-refractivity contribution in [2.24, 2.45) is 0 Å². The van der Waals surface area contributed by atoms with Crippen molar-refractivity contribution in [1.29, 1.82) is 0 Å². The lowest BCUT2D eigenvalue weighted by molar-refractivity contribution is -0.138. The van der Waals surface area contributed by atoms with Crippen molar-refractivity contribution in [2.45, 2.75) is 96.8 Å². The zero-order valence-corrected chi connectivity index (χ0v) is 30.8. The smallest absolute Gasteiger partial charge is 0.303 e. The van der Waals surface area contributed by atoms with E-state index in [1.54, 1.807) is 0 Å². The molecule has 2 N–H and O–H groups in total. The number of nitrogens with one attached hydrogen (secondary N) is 1. The van der Waals surface area contributed by atoms with Gasteiger partial charge in [-0.2, -0.15) is 0 Å². The first-order valence-corrected chi connectivity index (χ1v) is 18.8. The third kappa shape index (κ3) is 44.6. The highest BCUT2D eigenvalue weighted by Crippen LogP contribution is 2.11. The van der Waals surface area contributed by atoms with Gasteiger partial charge >= 0.3 is 5.97 Å². The molecule has 292 valence electrons. The Bertz CT molecular complexity index is 674. The summed E-state index contributed by atoms with van der Waals surface area (Å²) in [6.07, 6.45) is 15.3. The van der Waals surface area contributed by atoms with Gasteiger partial charge in [-0.1, -0.05) is 71.1 Å². The van der Waals surface area contributed by atoms with Crippen LogP contribution in [-0.2, 0) is 52.2 Å². The van der Waals surface area contributed by atoms with Gasteiger partial charge < -0.3 is 53.1 Å². The monoisotopic (exact) mass is 709 g/mol. The van der Waals surface area contributed by atoms with Crippen LogP contribution < -0.4 is 5.32 Å². The van der Waals surface area contributed by atoms with Crippen molar-refractivity contribution >= 4 is 11.9 Å². The van der Waals surface area contributed by atoms with Gasteiger partial charge in [0.15, 0.2) is 0 Å². The van der Waals surface area contributed by atoms with Gasteiger partial charge in [-0.3, -0.25) is 9.59 Å². The van der Waals surface area contributed by atoms with Crippen molar-refractivity contribution in [2.75, 3.05) is 125 Å². The Morgan fingerprint density at radius 2 is 0.673 bits per heavy atom. The molecule has 0 saturated carbocycles. The highest BCUT2D eigenvalue weighted by Gasteiger charge is 2.04. The van der Waals surface area contributed by atoms with E-state index in [9.17, 15) is 9.59 Å². The van der Waals surface area contributed by atoms with Crippen molar-refractivity contribution in [3.8, 4) is 0 Å². The molecule has 0 unspecified atom stereocenters. The lowest BCUT2D eigenvalue weighted by Crippen LogP contribution is -2.25. The maximum Gasteiger partial charge on any atom is 0.303 e. The fourth-order valence-corrected chi connectivity index (χ4v) is 4.44. The zero-order valence-electron chi connectivity index (χ0n) is 30.8. The minimum Gasteiger partial charge on any atom is -0.481 e. The highest BCUT2D eigenvalue weighted by molar-refractivity contribution is 5.80. The van der Waals surface area contributed by atoms with Crippen molar-refractivity contribution in [3.63, 3.8) is 0 Å². The topological polar surface area (TPSA) is 149 Å². The molecule has 49 heavy (non-hydrogen) atoms. The lowest BCUT2D eigenvalue weighted by atomic mass is 10.1.